The summed E-state index contributed by atoms with van der Waals surface area (Å²) in [6.45, 7) is 1.59. The van der Waals surface area contributed by atoms with Crippen molar-refractivity contribution >= 4 is 27.5 Å². The number of amides is 1. The van der Waals surface area contributed by atoms with Crippen molar-refractivity contribution in [1.29, 1.82) is 0 Å². The molecule has 0 aromatic rings. The molecule has 1 saturated heterocycles. The molecular weight excluding hydrogens is 455 g/mol. The Morgan fingerprint density at radius 3 is 2.31 bits per heavy atom. The van der Waals surface area contributed by atoms with Crippen LogP contribution in [0.3, 0.4) is 0 Å². The van der Waals surface area contributed by atoms with Crippen LogP contribution < -0.4 is 15.6 Å². The molecule has 10 heteroatoms. The second-order valence-corrected chi connectivity index (χ2v) is 13.9. The summed E-state index contributed by atoms with van der Waals surface area (Å²) in [6, 6.07) is 0.164. The van der Waals surface area contributed by atoms with Crippen LogP contribution in [-0.2, 0) is 14.8 Å². The van der Waals surface area contributed by atoms with E-state index in [1.807, 2.05) is 7.05 Å². The van der Waals surface area contributed by atoms with Crippen molar-refractivity contribution < 1.29 is 17.6 Å². The van der Waals surface area contributed by atoms with E-state index in [4.69, 9.17) is 11.6 Å². The van der Waals surface area contributed by atoms with Crippen molar-refractivity contribution in [3.8, 4) is 0 Å². The van der Waals surface area contributed by atoms with Gasteiger partial charge in [-0.2, -0.15) is 0 Å². The molecule has 5 atom stereocenters. The van der Waals surface area contributed by atoms with Gasteiger partial charge in [0.25, 0.3) is 0 Å². The first kappa shape index (κ1) is 23.3. The predicted octanol–water partition coefficient (Wildman–Crippen LogP) is 1.99. The zero-order valence-corrected chi connectivity index (χ0v) is 20.3. The lowest BCUT2D eigenvalue weighted by Gasteiger charge is -2.56. The number of sulfonamides is 1. The van der Waals surface area contributed by atoms with Crippen LogP contribution in [0, 0.1) is 35.0 Å². The third-order valence-electron chi connectivity index (χ3n) is 8.84. The lowest BCUT2D eigenvalue weighted by Crippen LogP contribution is -2.55. The second-order valence-electron chi connectivity index (χ2n) is 11.6. The summed E-state index contributed by atoms with van der Waals surface area (Å²) in [6.07, 6.45) is 6.04. The van der Waals surface area contributed by atoms with Crippen molar-refractivity contribution in [3.05, 3.63) is 0 Å². The standard InChI is InChI=1S/C22H36ClFN4O3S/c1-28-10-19(25-12-28)16-5-17(20(24)18(23)6-16)21(29)26-27-32(30,31)11-22-7-13-2-14(8-22)4-15(3-13)9-22/h13-20,25,27H,2-12H2,1H3,(H,26,29). The average Bonchev–Trinajstić information content (AvgIpc) is 3.12. The average molecular weight is 491 g/mol. The Labute approximate surface area is 195 Å². The molecule has 0 aromatic heterocycles. The number of hydrazine groups is 1. The number of halogens is 2. The SMILES string of the molecule is CN1CNC(C2CC(Cl)C(F)C(C(=O)NNS(=O)(=O)CC34CC5CC(CC(C5)C3)C4)C2)C1. The first-order valence-corrected chi connectivity index (χ1v) is 14.2. The van der Waals surface area contributed by atoms with Crippen LogP contribution in [0.25, 0.3) is 0 Å². The summed E-state index contributed by atoms with van der Waals surface area (Å²) in [7, 11) is -1.69. The predicted molar refractivity (Wildman–Crippen MR) is 121 cm³/mol. The molecule has 6 fully saturated rings. The van der Waals surface area contributed by atoms with Crippen molar-refractivity contribution in [2.24, 2.45) is 35.0 Å². The Morgan fingerprint density at radius 1 is 1.12 bits per heavy atom. The van der Waals surface area contributed by atoms with Gasteiger partial charge in [-0.15, -0.1) is 16.4 Å². The van der Waals surface area contributed by atoms with Gasteiger partial charge in [0, 0.05) is 19.3 Å². The summed E-state index contributed by atoms with van der Waals surface area (Å²) in [5.41, 5.74) is 2.18. The molecule has 5 aliphatic carbocycles. The van der Waals surface area contributed by atoms with Gasteiger partial charge >= 0.3 is 0 Å². The Balaban J connectivity index is 1.19. The van der Waals surface area contributed by atoms with Gasteiger partial charge in [-0.25, -0.2) is 12.8 Å². The van der Waals surface area contributed by atoms with Gasteiger partial charge in [-0.3, -0.25) is 20.4 Å². The molecule has 4 bridgehead atoms. The maximum absolute atomic E-state index is 14.8. The van der Waals surface area contributed by atoms with Crippen LogP contribution in [0.15, 0.2) is 0 Å². The van der Waals surface area contributed by atoms with Gasteiger partial charge in [0.05, 0.1) is 17.0 Å². The fourth-order valence-corrected chi connectivity index (χ4v) is 9.88. The molecule has 3 N–H and O–H groups in total. The van der Waals surface area contributed by atoms with Crippen molar-refractivity contribution in [2.75, 3.05) is 26.0 Å². The van der Waals surface area contributed by atoms with Gasteiger partial charge in [0.2, 0.25) is 15.9 Å². The number of likely N-dealkylation sites (N-methyl/N-ethyl adjacent to an activating group) is 1. The quantitative estimate of drug-likeness (QED) is 0.391. The van der Waals surface area contributed by atoms with Crippen molar-refractivity contribution in [3.63, 3.8) is 0 Å². The number of nitrogens with zero attached hydrogens (tertiary/aromatic N) is 1. The highest BCUT2D eigenvalue weighted by atomic mass is 35.5. The first-order valence-electron chi connectivity index (χ1n) is 12.1. The van der Waals surface area contributed by atoms with Crippen LogP contribution in [0.1, 0.15) is 51.4 Å². The minimum absolute atomic E-state index is 0.0482. The smallest absolute Gasteiger partial charge is 0.241 e. The van der Waals surface area contributed by atoms with E-state index in [1.54, 1.807) is 0 Å². The van der Waals surface area contributed by atoms with E-state index in [9.17, 15) is 17.6 Å². The van der Waals surface area contributed by atoms with Gasteiger partial charge in [-0.1, -0.05) is 0 Å². The van der Waals surface area contributed by atoms with Gasteiger partial charge in [-0.05, 0) is 87.5 Å². The van der Waals surface area contributed by atoms with E-state index in [-0.39, 0.29) is 23.1 Å². The topological polar surface area (TPSA) is 90.5 Å². The van der Waals surface area contributed by atoms with Crippen LogP contribution in [-0.4, -0.2) is 62.8 Å². The number of nitrogens with one attached hydrogen (secondary N) is 3. The number of carbonyl (C=O) groups excluding carboxylic acids is 1. The Morgan fingerprint density at radius 2 is 1.75 bits per heavy atom. The minimum atomic E-state index is -3.70. The van der Waals surface area contributed by atoms with Gasteiger partial charge in [0.1, 0.15) is 6.17 Å². The molecule has 5 saturated carbocycles. The molecular formula is C22H36ClFN4O3S. The zero-order valence-electron chi connectivity index (χ0n) is 18.7. The Bertz CT molecular complexity index is 808. The van der Waals surface area contributed by atoms with Gasteiger partial charge < -0.3 is 0 Å². The molecule has 0 aromatic carbocycles. The van der Waals surface area contributed by atoms with E-state index >= 15 is 0 Å². The minimum Gasteiger partial charge on any atom is -0.300 e. The van der Waals surface area contributed by atoms with E-state index < -0.39 is 33.4 Å². The molecule has 0 spiro atoms. The van der Waals surface area contributed by atoms with Crippen molar-refractivity contribution in [2.45, 2.75) is 69.0 Å². The molecule has 182 valence electrons. The van der Waals surface area contributed by atoms with E-state index in [0.29, 0.717) is 30.6 Å². The molecule has 6 rings (SSSR count). The Hall–Kier alpha value is -0.480. The molecule has 6 aliphatic rings. The summed E-state index contributed by atoms with van der Waals surface area (Å²) >= 11 is 6.27. The normalized spacial score (nSPS) is 46.5. The van der Waals surface area contributed by atoms with Crippen LogP contribution in [0.2, 0.25) is 0 Å². The largest absolute Gasteiger partial charge is 0.300 e. The van der Waals surface area contributed by atoms with Crippen LogP contribution >= 0.6 is 11.6 Å². The molecule has 32 heavy (non-hydrogen) atoms. The lowest BCUT2D eigenvalue weighted by atomic mass is 9.50. The molecule has 7 nitrogen and oxygen atoms in total. The third kappa shape index (κ3) is 4.69. The highest BCUT2D eigenvalue weighted by Crippen LogP contribution is 2.60. The summed E-state index contributed by atoms with van der Waals surface area (Å²) in [5.74, 6) is 0.518. The highest BCUT2D eigenvalue weighted by Gasteiger charge is 2.52. The monoisotopic (exact) mass is 490 g/mol. The number of hydrogen-bond acceptors (Lipinski definition) is 5. The van der Waals surface area contributed by atoms with E-state index in [2.05, 4.69) is 20.5 Å². The third-order valence-corrected chi connectivity index (χ3v) is 10.7. The molecule has 1 heterocycles. The van der Waals surface area contributed by atoms with Crippen LogP contribution in [0.4, 0.5) is 4.39 Å². The number of rotatable bonds is 6. The molecule has 5 unspecified atom stereocenters. The van der Waals surface area contributed by atoms with Crippen LogP contribution in [0.5, 0.6) is 0 Å². The Kier molecular flexibility index (Phi) is 6.27. The molecule has 1 amide bonds. The molecule has 1 aliphatic heterocycles. The maximum atomic E-state index is 14.8. The molecule has 0 radical (unpaired) electrons. The van der Waals surface area contributed by atoms with Gasteiger partial charge in [0.15, 0.2) is 0 Å². The summed E-state index contributed by atoms with van der Waals surface area (Å²) in [4.78, 5) is 17.3. The second kappa shape index (κ2) is 8.63. The first-order chi connectivity index (χ1) is 15.1. The lowest BCUT2D eigenvalue weighted by molar-refractivity contribution is -0.129. The van der Waals surface area contributed by atoms with Crippen molar-refractivity contribution in [1.82, 2.24) is 20.5 Å². The summed E-state index contributed by atoms with van der Waals surface area (Å²) in [5, 5.41) is 2.65. The fourth-order valence-electron chi connectivity index (χ4n) is 7.98. The maximum Gasteiger partial charge on any atom is 0.241 e. The number of alkyl halides is 2. The number of carbonyl (C=O) groups is 1. The number of hydrogen-bond donors (Lipinski definition) is 3. The summed E-state index contributed by atoms with van der Waals surface area (Å²) < 4.78 is 40.6. The highest BCUT2D eigenvalue weighted by molar-refractivity contribution is 7.89. The zero-order chi connectivity index (χ0) is 22.7. The van der Waals surface area contributed by atoms with E-state index in [0.717, 1.165) is 32.5 Å². The van der Waals surface area contributed by atoms with E-state index in [1.165, 1.54) is 19.3 Å². The fraction of sp³-hybridized carbons (Fsp3) is 0.955.